The number of aryl methyl sites for hydroxylation is 1. The number of para-hydroxylation sites is 1. The molecule has 26 heavy (non-hydrogen) atoms. The van der Waals surface area contributed by atoms with Crippen LogP contribution in [0.15, 0.2) is 66.9 Å². The van der Waals surface area contributed by atoms with Crippen molar-refractivity contribution in [3.63, 3.8) is 0 Å². The number of fused-ring (bicyclic) bond motifs is 2. The molecule has 3 N–H and O–H groups in total. The zero-order valence-corrected chi connectivity index (χ0v) is 14.5. The molecular weight excluding hydrogens is 322 g/mol. The highest BCUT2D eigenvalue weighted by atomic mass is 15.2. The van der Waals surface area contributed by atoms with Crippen LogP contribution < -0.4 is 10.2 Å². The average Bonchev–Trinajstić information content (AvgIpc) is 2.81. The van der Waals surface area contributed by atoms with Crippen molar-refractivity contribution in [1.29, 1.82) is 10.8 Å². The molecule has 0 unspecified atom stereocenters. The van der Waals surface area contributed by atoms with E-state index in [1.807, 2.05) is 60.7 Å². The second-order valence-corrected chi connectivity index (χ2v) is 6.12. The minimum atomic E-state index is 0.254. The topological polar surface area (TPSA) is 75.9 Å². The number of rotatable bonds is 2. The van der Waals surface area contributed by atoms with Crippen LogP contribution in [0.25, 0.3) is 0 Å². The van der Waals surface area contributed by atoms with Crippen molar-refractivity contribution in [3.05, 3.63) is 83.6 Å². The number of nitrogens with zero attached hydrogens (tertiary/aromatic N) is 2. The molecule has 3 aromatic rings. The van der Waals surface area contributed by atoms with Gasteiger partial charge in [0.15, 0.2) is 5.82 Å². The first-order valence-electron chi connectivity index (χ1n) is 8.57. The first-order valence-corrected chi connectivity index (χ1v) is 8.57. The van der Waals surface area contributed by atoms with Crippen LogP contribution in [0.1, 0.15) is 23.6 Å². The van der Waals surface area contributed by atoms with Gasteiger partial charge in [0, 0.05) is 17.3 Å². The maximum absolute atomic E-state index is 8.78. The summed E-state index contributed by atoms with van der Waals surface area (Å²) in [6, 6.07) is 19.3. The van der Waals surface area contributed by atoms with E-state index in [-0.39, 0.29) is 11.7 Å². The number of amidine groups is 2. The van der Waals surface area contributed by atoms with Gasteiger partial charge < -0.3 is 5.32 Å². The first kappa shape index (κ1) is 16.0. The molecule has 1 aromatic heterocycles. The SMILES string of the molecule is CCc1ccc(C(=N)N2C(=N)c3ccccc3Nc3ncccc32)cc1. The number of aromatic nitrogens is 1. The lowest BCUT2D eigenvalue weighted by molar-refractivity contribution is 1.14. The molecule has 0 spiro atoms. The molecule has 0 amide bonds. The van der Waals surface area contributed by atoms with Crippen LogP contribution in [0.5, 0.6) is 0 Å². The molecule has 128 valence electrons. The van der Waals surface area contributed by atoms with Crippen molar-refractivity contribution < 1.29 is 0 Å². The maximum Gasteiger partial charge on any atom is 0.154 e. The standard InChI is InChI=1S/C21H19N5/c1-2-14-9-11-15(12-10-14)19(22)26-18-8-5-13-24-21(18)25-17-7-4-3-6-16(17)20(26)23/h3-13,22-23H,2H2,1H3,(H,24,25). The third-order valence-corrected chi connectivity index (χ3v) is 4.55. The number of pyridine rings is 1. The highest BCUT2D eigenvalue weighted by Crippen LogP contribution is 2.34. The third kappa shape index (κ3) is 2.63. The van der Waals surface area contributed by atoms with Crippen molar-refractivity contribution in [1.82, 2.24) is 4.98 Å². The fourth-order valence-corrected chi connectivity index (χ4v) is 3.10. The summed E-state index contributed by atoms with van der Waals surface area (Å²) >= 11 is 0. The summed E-state index contributed by atoms with van der Waals surface area (Å²) < 4.78 is 0. The Morgan fingerprint density at radius 1 is 1.04 bits per heavy atom. The zero-order chi connectivity index (χ0) is 18.1. The normalized spacial score (nSPS) is 12.7. The van der Waals surface area contributed by atoms with Crippen molar-refractivity contribution in [2.24, 2.45) is 0 Å². The first-order chi connectivity index (χ1) is 12.7. The van der Waals surface area contributed by atoms with Gasteiger partial charge in [0.2, 0.25) is 0 Å². The van der Waals surface area contributed by atoms with Gasteiger partial charge >= 0.3 is 0 Å². The molecule has 1 aliphatic rings. The summed E-state index contributed by atoms with van der Waals surface area (Å²) in [5, 5.41) is 20.9. The molecule has 0 fully saturated rings. The van der Waals surface area contributed by atoms with Gasteiger partial charge in [0.1, 0.15) is 11.7 Å². The summed E-state index contributed by atoms with van der Waals surface area (Å²) in [7, 11) is 0. The smallest absolute Gasteiger partial charge is 0.154 e. The molecule has 2 heterocycles. The van der Waals surface area contributed by atoms with E-state index in [1.54, 1.807) is 11.1 Å². The molecule has 0 saturated heterocycles. The summed E-state index contributed by atoms with van der Waals surface area (Å²) in [5.74, 6) is 1.15. The van der Waals surface area contributed by atoms with Crippen molar-refractivity contribution in [2.75, 3.05) is 10.2 Å². The molecule has 0 bridgehead atoms. The van der Waals surface area contributed by atoms with E-state index in [9.17, 15) is 0 Å². The van der Waals surface area contributed by atoms with Gasteiger partial charge in [-0.1, -0.05) is 43.3 Å². The predicted molar refractivity (Wildman–Crippen MR) is 106 cm³/mol. The summed E-state index contributed by atoms with van der Waals surface area (Å²) in [6.45, 7) is 2.11. The van der Waals surface area contributed by atoms with Crippen molar-refractivity contribution in [3.8, 4) is 0 Å². The fourth-order valence-electron chi connectivity index (χ4n) is 3.10. The summed E-state index contributed by atoms with van der Waals surface area (Å²) in [5.41, 5.74) is 4.23. The molecule has 0 radical (unpaired) electrons. The van der Waals surface area contributed by atoms with Gasteiger partial charge in [-0.3, -0.25) is 15.7 Å². The van der Waals surface area contributed by atoms with Crippen LogP contribution in [0, 0.1) is 10.8 Å². The lowest BCUT2D eigenvalue weighted by Gasteiger charge is -2.25. The van der Waals surface area contributed by atoms with E-state index < -0.39 is 0 Å². The summed E-state index contributed by atoms with van der Waals surface area (Å²) in [4.78, 5) is 6.06. The van der Waals surface area contributed by atoms with E-state index in [2.05, 4.69) is 17.2 Å². The van der Waals surface area contributed by atoms with E-state index in [1.165, 1.54) is 5.56 Å². The molecule has 0 saturated carbocycles. The Morgan fingerprint density at radius 3 is 2.58 bits per heavy atom. The van der Waals surface area contributed by atoms with Gasteiger partial charge in [-0.25, -0.2) is 4.98 Å². The van der Waals surface area contributed by atoms with Gasteiger partial charge in [0.25, 0.3) is 0 Å². The maximum atomic E-state index is 8.78. The average molecular weight is 341 g/mol. The minimum Gasteiger partial charge on any atom is -0.338 e. The van der Waals surface area contributed by atoms with Crippen LogP contribution in [0.2, 0.25) is 0 Å². The summed E-state index contributed by atoms with van der Waals surface area (Å²) in [6.07, 6.45) is 2.67. The number of benzene rings is 2. The Labute approximate surface area is 152 Å². The number of nitrogens with one attached hydrogen (secondary N) is 3. The molecule has 0 atom stereocenters. The Hall–Kier alpha value is -3.47. The quantitative estimate of drug-likeness (QED) is 0.472. The molecule has 0 aliphatic carbocycles. The lowest BCUT2D eigenvalue weighted by atomic mass is 10.1. The van der Waals surface area contributed by atoms with E-state index in [0.29, 0.717) is 11.5 Å². The molecule has 2 aromatic carbocycles. The zero-order valence-electron chi connectivity index (χ0n) is 14.5. The molecule has 5 nitrogen and oxygen atoms in total. The fraction of sp³-hybridized carbons (Fsp3) is 0.0952. The van der Waals surface area contributed by atoms with Crippen LogP contribution in [0.3, 0.4) is 0 Å². The number of hydrogen-bond donors (Lipinski definition) is 3. The lowest BCUT2D eigenvalue weighted by Crippen LogP contribution is -2.36. The van der Waals surface area contributed by atoms with E-state index >= 15 is 0 Å². The molecule has 1 aliphatic heterocycles. The van der Waals surface area contributed by atoms with Gasteiger partial charge in [-0.2, -0.15) is 0 Å². The van der Waals surface area contributed by atoms with Crippen LogP contribution in [-0.4, -0.2) is 16.7 Å². The Bertz CT molecular complexity index is 991. The van der Waals surface area contributed by atoms with E-state index in [0.717, 1.165) is 23.2 Å². The Morgan fingerprint density at radius 2 is 1.81 bits per heavy atom. The minimum absolute atomic E-state index is 0.254. The molecule has 4 rings (SSSR count). The third-order valence-electron chi connectivity index (χ3n) is 4.55. The second-order valence-electron chi connectivity index (χ2n) is 6.12. The van der Waals surface area contributed by atoms with Gasteiger partial charge in [-0.05, 0) is 36.2 Å². The molecule has 5 heteroatoms. The van der Waals surface area contributed by atoms with Gasteiger partial charge in [-0.15, -0.1) is 0 Å². The van der Waals surface area contributed by atoms with Crippen LogP contribution >= 0.6 is 0 Å². The molecular formula is C21H19N5. The van der Waals surface area contributed by atoms with Gasteiger partial charge in [0.05, 0.1) is 11.4 Å². The second kappa shape index (κ2) is 6.44. The van der Waals surface area contributed by atoms with Crippen LogP contribution in [-0.2, 0) is 6.42 Å². The Kier molecular flexibility index (Phi) is 3.97. The largest absolute Gasteiger partial charge is 0.338 e. The highest BCUT2D eigenvalue weighted by molar-refractivity contribution is 6.30. The predicted octanol–water partition coefficient (Wildman–Crippen LogP) is 4.56. The van der Waals surface area contributed by atoms with Crippen LogP contribution in [0.4, 0.5) is 17.2 Å². The number of hydrogen-bond acceptors (Lipinski definition) is 4. The monoisotopic (exact) mass is 341 g/mol. The number of anilines is 3. The van der Waals surface area contributed by atoms with E-state index in [4.69, 9.17) is 10.8 Å². The van der Waals surface area contributed by atoms with Crippen molar-refractivity contribution >= 4 is 28.9 Å². The van der Waals surface area contributed by atoms with Crippen molar-refractivity contribution in [2.45, 2.75) is 13.3 Å². The Balaban J connectivity index is 1.85. The highest BCUT2D eigenvalue weighted by Gasteiger charge is 2.28.